The predicted octanol–water partition coefficient (Wildman–Crippen LogP) is 2.98. The third kappa shape index (κ3) is 4.21. The number of phenolic OH excluding ortho intramolecular Hbond substituents is 1. The lowest BCUT2D eigenvalue weighted by Gasteiger charge is -2.33. The quantitative estimate of drug-likeness (QED) is 0.849. The molecule has 0 aromatic heterocycles. The molecule has 1 aliphatic heterocycles. The molecule has 1 N–H and O–H groups in total. The molecule has 4 heteroatoms. The first-order chi connectivity index (χ1) is 10.1. The van der Waals surface area contributed by atoms with Gasteiger partial charge in [-0.2, -0.15) is 0 Å². The van der Waals surface area contributed by atoms with Gasteiger partial charge in [0.15, 0.2) is 0 Å². The summed E-state index contributed by atoms with van der Waals surface area (Å²) in [6.45, 7) is 4.28. The summed E-state index contributed by atoms with van der Waals surface area (Å²) in [6, 6.07) is 5.08. The van der Waals surface area contributed by atoms with Gasteiger partial charge >= 0.3 is 0 Å². The van der Waals surface area contributed by atoms with Gasteiger partial charge in [-0.3, -0.25) is 4.79 Å². The number of nitrogens with zero attached hydrogens (tertiary/aromatic N) is 1. The van der Waals surface area contributed by atoms with E-state index in [1.54, 1.807) is 25.3 Å². The number of hydrogen-bond acceptors (Lipinski definition) is 3. The van der Waals surface area contributed by atoms with Gasteiger partial charge < -0.3 is 14.7 Å². The SMILES string of the molecule is COCCC[C@@H]1CCCN(C(=O)c2ccc(O)c(C)c2)C1. The summed E-state index contributed by atoms with van der Waals surface area (Å²) in [4.78, 5) is 14.5. The highest BCUT2D eigenvalue weighted by molar-refractivity contribution is 5.94. The Kier molecular flexibility index (Phi) is 5.62. The van der Waals surface area contributed by atoms with E-state index < -0.39 is 0 Å². The van der Waals surface area contributed by atoms with Crippen LogP contribution in [0.5, 0.6) is 5.75 Å². The van der Waals surface area contributed by atoms with Gasteiger partial charge in [-0.25, -0.2) is 0 Å². The number of carbonyl (C=O) groups excluding carboxylic acids is 1. The number of piperidine rings is 1. The molecule has 1 saturated heterocycles. The van der Waals surface area contributed by atoms with Crippen LogP contribution in [0, 0.1) is 12.8 Å². The second kappa shape index (κ2) is 7.46. The minimum absolute atomic E-state index is 0.0783. The summed E-state index contributed by atoms with van der Waals surface area (Å²) >= 11 is 0. The molecule has 0 unspecified atom stereocenters. The maximum atomic E-state index is 12.6. The number of ether oxygens (including phenoxy) is 1. The van der Waals surface area contributed by atoms with Crippen molar-refractivity contribution < 1.29 is 14.6 Å². The molecule has 21 heavy (non-hydrogen) atoms. The summed E-state index contributed by atoms with van der Waals surface area (Å²) in [5.74, 6) is 0.897. The van der Waals surface area contributed by atoms with Gasteiger partial charge in [0.05, 0.1) is 0 Å². The zero-order valence-corrected chi connectivity index (χ0v) is 13.0. The van der Waals surface area contributed by atoms with Crippen molar-refractivity contribution >= 4 is 5.91 Å². The summed E-state index contributed by atoms with van der Waals surface area (Å²) in [5.41, 5.74) is 1.41. The fourth-order valence-corrected chi connectivity index (χ4v) is 2.97. The molecule has 0 bridgehead atoms. The van der Waals surface area contributed by atoms with Crippen molar-refractivity contribution in [3.05, 3.63) is 29.3 Å². The third-order valence-corrected chi connectivity index (χ3v) is 4.21. The molecule has 1 fully saturated rings. The van der Waals surface area contributed by atoms with Crippen LogP contribution in [-0.2, 0) is 4.74 Å². The molecule has 0 aliphatic carbocycles. The fourth-order valence-electron chi connectivity index (χ4n) is 2.97. The standard InChI is InChI=1S/C17H25NO3/c1-13-11-15(7-8-16(13)19)17(20)18-9-3-5-14(12-18)6-4-10-21-2/h7-8,11,14,19H,3-6,9-10,12H2,1-2H3/t14-/m0/s1. The van der Waals surface area contributed by atoms with E-state index in [1.807, 2.05) is 11.8 Å². The second-order valence-electron chi connectivity index (χ2n) is 5.90. The van der Waals surface area contributed by atoms with Gasteiger partial charge in [0.2, 0.25) is 0 Å². The van der Waals surface area contributed by atoms with E-state index in [0.29, 0.717) is 11.5 Å². The zero-order chi connectivity index (χ0) is 15.2. The maximum absolute atomic E-state index is 12.6. The van der Waals surface area contributed by atoms with Crippen LogP contribution >= 0.6 is 0 Å². The van der Waals surface area contributed by atoms with Crippen LogP contribution < -0.4 is 0 Å². The molecule has 116 valence electrons. The Balaban J connectivity index is 1.96. The Labute approximate surface area is 126 Å². The fraction of sp³-hybridized carbons (Fsp3) is 0.588. The lowest BCUT2D eigenvalue weighted by molar-refractivity contribution is 0.0660. The van der Waals surface area contributed by atoms with E-state index in [-0.39, 0.29) is 11.7 Å². The van der Waals surface area contributed by atoms with Crippen molar-refractivity contribution in [3.63, 3.8) is 0 Å². The van der Waals surface area contributed by atoms with Gasteiger partial charge in [-0.05, 0) is 62.3 Å². The molecule has 1 amide bonds. The molecule has 1 atom stereocenters. The van der Waals surface area contributed by atoms with Crippen molar-refractivity contribution in [2.45, 2.75) is 32.6 Å². The van der Waals surface area contributed by atoms with Crippen LogP contribution in [0.3, 0.4) is 0 Å². The topological polar surface area (TPSA) is 49.8 Å². The Morgan fingerprint density at radius 2 is 2.29 bits per heavy atom. The summed E-state index contributed by atoms with van der Waals surface area (Å²) < 4.78 is 5.10. The van der Waals surface area contributed by atoms with Crippen molar-refractivity contribution in [2.75, 3.05) is 26.8 Å². The first-order valence-electron chi connectivity index (χ1n) is 7.69. The molecule has 1 aromatic carbocycles. The monoisotopic (exact) mass is 291 g/mol. The number of aryl methyl sites for hydroxylation is 1. The molecule has 0 spiro atoms. The van der Waals surface area contributed by atoms with Crippen molar-refractivity contribution in [3.8, 4) is 5.75 Å². The van der Waals surface area contributed by atoms with Crippen molar-refractivity contribution in [1.82, 2.24) is 4.90 Å². The number of carbonyl (C=O) groups is 1. The van der Waals surface area contributed by atoms with E-state index >= 15 is 0 Å². The molecular weight excluding hydrogens is 266 g/mol. The Morgan fingerprint density at radius 3 is 3.00 bits per heavy atom. The zero-order valence-electron chi connectivity index (χ0n) is 13.0. The number of methoxy groups -OCH3 is 1. The van der Waals surface area contributed by atoms with Crippen molar-refractivity contribution in [1.29, 1.82) is 0 Å². The van der Waals surface area contributed by atoms with E-state index in [1.165, 1.54) is 6.42 Å². The lowest BCUT2D eigenvalue weighted by Crippen LogP contribution is -2.40. The van der Waals surface area contributed by atoms with Crippen LogP contribution in [-0.4, -0.2) is 42.7 Å². The number of benzene rings is 1. The van der Waals surface area contributed by atoms with E-state index in [0.717, 1.165) is 44.5 Å². The average Bonchev–Trinajstić information content (AvgIpc) is 2.50. The molecule has 1 heterocycles. The highest BCUT2D eigenvalue weighted by atomic mass is 16.5. The first kappa shape index (κ1) is 15.8. The number of phenols is 1. The van der Waals surface area contributed by atoms with Gasteiger partial charge in [0, 0.05) is 32.4 Å². The van der Waals surface area contributed by atoms with Crippen LogP contribution in [0.15, 0.2) is 18.2 Å². The number of likely N-dealkylation sites (tertiary alicyclic amines) is 1. The molecule has 4 nitrogen and oxygen atoms in total. The van der Waals surface area contributed by atoms with Gasteiger partial charge in [-0.1, -0.05) is 0 Å². The molecular formula is C17H25NO3. The van der Waals surface area contributed by atoms with E-state index in [2.05, 4.69) is 0 Å². The lowest BCUT2D eigenvalue weighted by atomic mass is 9.93. The second-order valence-corrected chi connectivity index (χ2v) is 5.90. The number of aromatic hydroxyl groups is 1. The smallest absolute Gasteiger partial charge is 0.253 e. The number of amides is 1. The predicted molar refractivity (Wildman–Crippen MR) is 82.6 cm³/mol. The number of hydrogen-bond donors (Lipinski definition) is 1. The third-order valence-electron chi connectivity index (χ3n) is 4.21. The molecule has 0 saturated carbocycles. The maximum Gasteiger partial charge on any atom is 0.253 e. The molecule has 1 aromatic rings. The minimum atomic E-state index is 0.0783. The van der Waals surface area contributed by atoms with Crippen LogP contribution in [0.2, 0.25) is 0 Å². The van der Waals surface area contributed by atoms with Crippen molar-refractivity contribution in [2.24, 2.45) is 5.92 Å². The normalized spacial score (nSPS) is 18.8. The molecule has 0 radical (unpaired) electrons. The highest BCUT2D eigenvalue weighted by Crippen LogP contribution is 2.24. The summed E-state index contributed by atoms with van der Waals surface area (Å²) in [6.07, 6.45) is 4.44. The van der Waals surface area contributed by atoms with Crippen LogP contribution in [0.25, 0.3) is 0 Å². The van der Waals surface area contributed by atoms with E-state index in [9.17, 15) is 9.90 Å². The summed E-state index contributed by atoms with van der Waals surface area (Å²) in [7, 11) is 1.73. The van der Waals surface area contributed by atoms with Gasteiger partial charge in [-0.15, -0.1) is 0 Å². The van der Waals surface area contributed by atoms with Crippen LogP contribution in [0.4, 0.5) is 0 Å². The van der Waals surface area contributed by atoms with E-state index in [4.69, 9.17) is 4.74 Å². The highest BCUT2D eigenvalue weighted by Gasteiger charge is 2.24. The first-order valence-corrected chi connectivity index (χ1v) is 7.69. The molecule has 1 aliphatic rings. The summed E-state index contributed by atoms with van der Waals surface area (Å²) in [5, 5.41) is 9.56. The number of rotatable bonds is 5. The van der Waals surface area contributed by atoms with Gasteiger partial charge in [0.1, 0.15) is 5.75 Å². The van der Waals surface area contributed by atoms with Gasteiger partial charge in [0.25, 0.3) is 5.91 Å². The largest absolute Gasteiger partial charge is 0.508 e. The Bertz CT molecular complexity index is 487. The molecule has 2 rings (SSSR count). The average molecular weight is 291 g/mol. The minimum Gasteiger partial charge on any atom is -0.508 e. The Morgan fingerprint density at radius 1 is 1.48 bits per heavy atom. The van der Waals surface area contributed by atoms with Crippen LogP contribution in [0.1, 0.15) is 41.6 Å². The Hall–Kier alpha value is -1.55.